The molecule has 0 heterocycles. The molecule has 1 aromatic carbocycles. The van der Waals surface area contributed by atoms with Crippen LogP contribution in [0.15, 0.2) is 36.4 Å². The summed E-state index contributed by atoms with van der Waals surface area (Å²) < 4.78 is 5.88. The van der Waals surface area contributed by atoms with E-state index in [9.17, 15) is 4.79 Å². The Kier molecular flexibility index (Phi) is 7.07. The van der Waals surface area contributed by atoms with E-state index in [-0.39, 0.29) is 23.9 Å². The first-order valence-electron chi connectivity index (χ1n) is 8.35. The highest BCUT2D eigenvalue weighted by atomic mass is 28.3. The Morgan fingerprint density at radius 1 is 1.04 bits per heavy atom. The fourth-order valence-corrected chi connectivity index (χ4v) is 3.58. The summed E-state index contributed by atoms with van der Waals surface area (Å²) in [6, 6.07) is 10.4. The highest BCUT2D eigenvalue weighted by molar-refractivity contribution is 6.78. The summed E-state index contributed by atoms with van der Waals surface area (Å²) in [4.78, 5) is 14.4. The number of benzene rings is 1. The van der Waals surface area contributed by atoms with Gasteiger partial charge in [0, 0.05) is 12.1 Å². The lowest BCUT2D eigenvalue weighted by atomic mass is 10.2. The van der Waals surface area contributed by atoms with Crippen LogP contribution in [-0.2, 0) is 4.74 Å². The van der Waals surface area contributed by atoms with Gasteiger partial charge in [0.05, 0.1) is 8.07 Å². The summed E-state index contributed by atoms with van der Waals surface area (Å²) in [7, 11) is -1.68. The predicted molar refractivity (Wildman–Crippen MR) is 101 cm³/mol. The number of hydrogen-bond acceptors (Lipinski definition) is 2. The van der Waals surface area contributed by atoms with Crippen LogP contribution in [0.3, 0.4) is 0 Å². The van der Waals surface area contributed by atoms with Gasteiger partial charge in [0.1, 0.15) is 5.73 Å². The van der Waals surface area contributed by atoms with Crippen molar-refractivity contribution in [1.82, 2.24) is 4.90 Å². The zero-order valence-electron chi connectivity index (χ0n) is 15.5. The van der Waals surface area contributed by atoms with E-state index in [1.165, 1.54) is 0 Å². The second kappa shape index (κ2) is 8.34. The van der Waals surface area contributed by atoms with Crippen LogP contribution in [0.1, 0.15) is 33.3 Å². The second-order valence-electron chi connectivity index (χ2n) is 7.53. The molecule has 0 aliphatic heterocycles. The van der Waals surface area contributed by atoms with Crippen molar-refractivity contribution >= 4 is 20.2 Å². The van der Waals surface area contributed by atoms with Gasteiger partial charge in [-0.05, 0) is 39.3 Å². The fraction of sp³-hybridized carbons (Fsp3) is 0.526. The average Bonchev–Trinajstić information content (AvgIpc) is 2.42. The van der Waals surface area contributed by atoms with Crippen molar-refractivity contribution in [2.24, 2.45) is 0 Å². The zero-order valence-corrected chi connectivity index (χ0v) is 16.5. The Balaban J connectivity index is 2.91. The molecule has 0 aliphatic carbocycles. The van der Waals surface area contributed by atoms with Crippen molar-refractivity contribution in [1.29, 1.82) is 0 Å². The van der Waals surface area contributed by atoms with Gasteiger partial charge in [-0.15, -0.1) is 0 Å². The molecule has 3 nitrogen and oxygen atoms in total. The molecule has 0 saturated heterocycles. The van der Waals surface area contributed by atoms with E-state index in [4.69, 9.17) is 4.74 Å². The van der Waals surface area contributed by atoms with Crippen LogP contribution in [0.4, 0.5) is 4.79 Å². The highest BCUT2D eigenvalue weighted by Crippen LogP contribution is 2.18. The molecule has 0 unspecified atom stereocenters. The molecule has 0 aliphatic rings. The van der Waals surface area contributed by atoms with Crippen molar-refractivity contribution in [2.75, 3.05) is 0 Å². The molecule has 1 atom stereocenters. The maximum Gasteiger partial charge on any atom is 0.410 e. The first kappa shape index (κ1) is 19.5. The minimum atomic E-state index is -1.68. The molecule has 23 heavy (non-hydrogen) atoms. The Morgan fingerprint density at radius 3 is 2.00 bits per heavy atom. The first-order chi connectivity index (χ1) is 10.6. The number of nitrogens with zero attached hydrogens (tertiary/aromatic N) is 1. The van der Waals surface area contributed by atoms with Gasteiger partial charge in [-0.3, -0.25) is 0 Å². The van der Waals surface area contributed by atoms with Gasteiger partial charge in [0.2, 0.25) is 0 Å². The lowest BCUT2D eigenvalue weighted by molar-refractivity contribution is 0.0768. The fourth-order valence-electron chi connectivity index (χ4n) is 2.45. The van der Waals surface area contributed by atoms with Crippen LogP contribution in [-0.4, -0.2) is 36.9 Å². The monoisotopic (exact) mass is 333 g/mol. The van der Waals surface area contributed by atoms with E-state index in [0.717, 1.165) is 5.56 Å². The van der Waals surface area contributed by atoms with E-state index < -0.39 is 8.07 Å². The summed E-state index contributed by atoms with van der Waals surface area (Å²) in [6.45, 7) is 14.7. The van der Waals surface area contributed by atoms with Crippen LogP contribution < -0.4 is 0 Å². The van der Waals surface area contributed by atoms with Crippen LogP contribution in [0.5, 0.6) is 0 Å². The predicted octanol–water partition coefficient (Wildman–Crippen LogP) is 5.20. The topological polar surface area (TPSA) is 29.5 Å². The van der Waals surface area contributed by atoms with Crippen LogP contribution in [0.25, 0.3) is 6.08 Å². The third kappa shape index (κ3) is 6.22. The van der Waals surface area contributed by atoms with Gasteiger partial charge in [-0.1, -0.05) is 56.0 Å². The summed E-state index contributed by atoms with van der Waals surface area (Å²) >= 11 is 0. The summed E-state index contributed by atoms with van der Waals surface area (Å²) in [5.74, 6) is 0. The SMILES string of the molecule is CC(C)N(C(=O)O[C@@H](/C=C/c1ccccc1)[Si](C)(C)C)C(C)C. The molecule has 0 spiro atoms. The molecule has 0 saturated carbocycles. The molecular formula is C19H31NO2Si. The minimum absolute atomic E-state index is 0.128. The molecule has 1 amide bonds. The molecule has 0 radical (unpaired) electrons. The lowest BCUT2D eigenvalue weighted by Crippen LogP contribution is -2.47. The van der Waals surface area contributed by atoms with Gasteiger partial charge < -0.3 is 9.64 Å². The minimum Gasteiger partial charge on any atom is -0.446 e. The Morgan fingerprint density at radius 2 is 1.57 bits per heavy atom. The molecule has 1 rings (SSSR count). The maximum absolute atomic E-state index is 12.6. The summed E-state index contributed by atoms with van der Waals surface area (Å²) in [5.41, 5.74) is 0.978. The number of carbonyl (C=O) groups excluding carboxylic acids is 1. The Bertz CT molecular complexity index is 510. The van der Waals surface area contributed by atoms with Crippen molar-refractivity contribution < 1.29 is 9.53 Å². The van der Waals surface area contributed by atoms with Crippen molar-refractivity contribution in [3.8, 4) is 0 Å². The number of hydrogen-bond donors (Lipinski definition) is 0. The zero-order chi connectivity index (χ0) is 17.6. The number of rotatable bonds is 6. The molecule has 0 N–H and O–H groups in total. The van der Waals surface area contributed by atoms with E-state index in [2.05, 4.69) is 19.6 Å². The van der Waals surface area contributed by atoms with Crippen LogP contribution in [0.2, 0.25) is 19.6 Å². The Hall–Kier alpha value is -1.55. The smallest absolute Gasteiger partial charge is 0.410 e. The largest absolute Gasteiger partial charge is 0.446 e. The molecule has 4 heteroatoms. The van der Waals surface area contributed by atoms with E-state index in [0.29, 0.717) is 0 Å². The van der Waals surface area contributed by atoms with Crippen LogP contribution >= 0.6 is 0 Å². The van der Waals surface area contributed by atoms with Crippen molar-refractivity contribution in [3.05, 3.63) is 42.0 Å². The highest BCUT2D eigenvalue weighted by Gasteiger charge is 2.31. The normalized spacial score (nSPS) is 13.6. The van der Waals surface area contributed by atoms with Gasteiger partial charge in [0.25, 0.3) is 0 Å². The average molecular weight is 334 g/mol. The molecule has 128 valence electrons. The quantitative estimate of drug-likeness (QED) is 0.670. The number of ether oxygens (including phenoxy) is 1. The number of amides is 1. The van der Waals surface area contributed by atoms with Crippen molar-refractivity contribution in [3.63, 3.8) is 0 Å². The Labute approximate surface area is 142 Å². The molecular weight excluding hydrogens is 302 g/mol. The van der Waals surface area contributed by atoms with Gasteiger partial charge in [-0.25, -0.2) is 4.79 Å². The van der Waals surface area contributed by atoms with E-state index in [1.54, 1.807) is 4.90 Å². The van der Waals surface area contributed by atoms with E-state index >= 15 is 0 Å². The van der Waals surface area contributed by atoms with Crippen LogP contribution in [0, 0.1) is 0 Å². The first-order valence-corrected chi connectivity index (χ1v) is 11.9. The van der Waals surface area contributed by atoms with E-state index in [1.807, 2.05) is 70.2 Å². The van der Waals surface area contributed by atoms with Gasteiger partial charge in [0.15, 0.2) is 0 Å². The summed E-state index contributed by atoms with van der Waals surface area (Å²) in [5, 5.41) is 0. The summed E-state index contributed by atoms with van der Waals surface area (Å²) in [6.07, 6.45) is 3.86. The third-order valence-corrected chi connectivity index (χ3v) is 5.69. The second-order valence-corrected chi connectivity index (χ2v) is 12.8. The standard InChI is InChI=1S/C19H31NO2Si/c1-15(2)20(16(3)4)19(21)22-18(23(5,6)7)14-13-17-11-9-8-10-12-17/h8-16,18H,1-7H3/b14-13+/t18-/m1/s1. The molecule has 0 bridgehead atoms. The van der Waals surface area contributed by atoms with Crippen molar-refractivity contribution in [2.45, 2.75) is 65.1 Å². The molecule has 1 aromatic rings. The van der Waals surface area contributed by atoms with Gasteiger partial charge >= 0.3 is 6.09 Å². The maximum atomic E-state index is 12.6. The molecule has 0 fully saturated rings. The number of carbonyl (C=O) groups is 1. The van der Waals surface area contributed by atoms with Gasteiger partial charge in [-0.2, -0.15) is 0 Å². The third-order valence-electron chi connectivity index (χ3n) is 3.67. The molecule has 0 aromatic heterocycles. The lowest BCUT2D eigenvalue weighted by Gasteiger charge is -2.34.